The van der Waals surface area contributed by atoms with Crippen LogP contribution in [0.15, 0.2) is 23.8 Å². The first-order chi connectivity index (χ1) is 8.43. The summed E-state index contributed by atoms with van der Waals surface area (Å²) in [5.74, 6) is 0. The topological polar surface area (TPSA) is 0 Å². The number of allylic oxidation sites excluding steroid dienone is 4. The summed E-state index contributed by atoms with van der Waals surface area (Å²) >= 11 is 0. The molecule has 2 heteroatoms. The molecule has 0 spiro atoms. The smallest absolute Gasteiger partial charge is 0.273 e. The largest absolute Gasteiger partial charge is 2.00 e. The Balaban J connectivity index is 0. The second-order valence-corrected chi connectivity index (χ2v) is 5.99. The van der Waals surface area contributed by atoms with Crippen LogP contribution in [-0.2, 0) is 26.2 Å². The van der Waals surface area contributed by atoms with E-state index in [4.69, 9.17) is 0 Å². The molecule has 1 aliphatic carbocycles. The van der Waals surface area contributed by atoms with Gasteiger partial charge in [0, 0.05) is 9.52 Å². The Hall–Kier alpha value is -0.0700. The third-order valence-corrected chi connectivity index (χ3v) is 3.05. The Labute approximate surface area is 141 Å². The van der Waals surface area contributed by atoms with Gasteiger partial charge in [-0.2, -0.15) is 34.4 Å². The molecule has 1 aromatic carbocycles. The van der Waals surface area contributed by atoms with Crippen molar-refractivity contribution in [2.24, 2.45) is 0 Å². The zero-order valence-corrected chi connectivity index (χ0v) is 17.1. The van der Waals surface area contributed by atoms with Crippen LogP contribution >= 0.6 is 0 Å². The van der Waals surface area contributed by atoms with E-state index in [1.807, 2.05) is 6.08 Å². The molecule has 103 valence electrons. The van der Waals surface area contributed by atoms with Gasteiger partial charge in [0.05, 0.1) is 0 Å². The molecule has 0 unspecified atom stereocenters. The molecule has 0 heterocycles. The molecule has 0 saturated heterocycles. The van der Waals surface area contributed by atoms with E-state index in [9.17, 15) is 0 Å². The molecule has 0 saturated carbocycles. The van der Waals surface area contributed by atoms with Gasteiger partial charge in [0.1, 0.15) is 0 Å². The molecule has 0 aliphatic heterocycles. The number of rotatable bonds is 0. The van der Waals surface area contributed by atoms with E-state index < -0.39 is 0 Å². The van der Waals surface area contributed by atoms with Crippen LogP contribution in [0.5, 0.6) is 0 Å². The van der Waals surface area contributed by atoms with Gasteiger partial charge in [0.2, 0.25) is 0 Å². The van der Waals surface area contributed by atoms with Crippen molar-refractivity contribution in [1.82, 2.24) is 0 Å². The van der Waals surface area contributed by atoms with Crippen LogP contribution in [0.25, 0.3) is 0 Å². The van der Waals surface area contributed by atoms with Crippen molar-refractivity contribution in [2.45, 2.75) is 54.1 Å². The van der Waals surface area contributed by atoms with E-state index in [2.05, 4.69) is 65.9 Å². The fourth-order valence-electron chi connectivity index (χ4n) is 1.63. The Morgan fingerprint density at radius 1 is 1.16 bits per heavy atom. The van der Waals surface area contributed by atoms with Gasteiger partial charge in [-0.05, 0) is 0 Å². The van der Waals surface area contributed by atoms with Crippen LogP contribution in [0.3, 0.4) is 0 Å². The molecule has 0 aromatic heterocycles. The summed E-state index contributed by atoms with van der Waals surface area (Å²) in [6, 6.07) is 2.24. The van der Waals surface area contributed by atoms with E-state index in [0.29, 0.717) is 0 Å². The Morgan fingerprint density at radius 3 is 1.79 bits per heavy atom. The van der Waals surface area contributed by atoms with Gasteiger partial charge < -0.3 is 0 Å². The molecular weight excluding hydrogens is 323 g/mol. The van der Waals surface area contributed by atoms with Crippen molar-refractivity contribution in [3.63, 3.8) is 0 Å². The van der Waals surface area contributed by atoms with E-state index in [1.165, 1.54) is 27.8 Å². The van der Waals surface area contributed by atoms with E-state index in [1.54, 1.807) is 0 Å². The van der Waals surface area contributed by atoms with Crippen molar-refractivity contribution in [3.05, 3.63) is 52.1 Å². The number of aryl methyl sites for hydroxylation is 2. The molecular formula is C17H27SiZr. The molecule has 0 bridgehead atoms. The van der Waals surface area contributed by atoms with Gasteiger partial charge in [-0.15, -0.1) is 13.3 Å². The van der Waals surface area contributed by atoms with Crippen LogP contribution in [0.2, 0.25) is 13.1 Å². The SMILES string of the molecule is CC1=CC[C-]=C1.C[SiH]C.Cc1c[c-](C)c(C)c1C.[Zr+2]. The summed E-state index contributed by atoms with van der Waals surface area (Å²) in [6.07, 6.45) is 8.24. The first kappa shape index (κ1) is 21.2. The van der Waals surface area contributed by atoms with Crippen molar-refractivity contribution in [2.75, 3.05) is 0 Å². The second kappa shape index (κ2) is 11.7. The third-order valence-electron chi connectivity index (χ3n) is 3.05. The van der Waals surface area contributed by atoms with Crippen molar-refractivity contribution in [3.8, 4) is 0 Å². The summed E-state index contributed by atoms with van der Waals surface area (Å²) in [5.41, 5.74) is 7.09. The van der Waals surface area contributed by atoms with E-state index >= 15 is 0 Å². The van der Waals surface area contributed by atoms with Crippen molar-refractivity contribution < 1.29 is 26.2 Å². The van der Waals surface area contributed by atoms with E-state index in [0.717, 1.165) is 15.9 Å². The van der Waals surface area contributed by atoms with Crippen LogP contribution < -0.4 is 0 Å². The predicted molar refractivity (Wildman–Crippen MR) is 86.0 cm³/mol. The quantitative estimate of drug-likeness (QED) is 0.463. The minimum Gasteiger partial charge on any atom is -0.273 e. The zero-order valence-electron chi connectivity index (χ0n) is 13.5. The molecule has 2 rings (SSSR count). The van der Waals surface area contributed by atoms with Gasteiger partial charge in [0.15, 0.2) is 0 Å². The molecule has 19 heavy (non-hydrogen) atoms. The minimum atomic E-state index is 0. The third kappa shape index (κ3) is 8.65. The van der Waals surface area contributed by atoms with Gasteiger partial charge in [-0.3, -0.25) is 6.08 Å². The maximum absolute atomic E-state index is 3.05. The normalized spacial score (nSPS) is 11.6. The number of hydrogen-bond acceptors (Lipinski definition) is 0. The summed E-state index contributed by atoms with van der Waals surface area (Å²) < 4.78 is 0. The fourth-order valence-corrected chi connectivity index (χ4v) is 1.63. The molecule has 0 nitrogen and oxygen atoms in total. The van der Waals surface area contributed by atoms with Crippen LogP contribution in [0, 0.1) is 33.8 Å². The first-order valence-electron chi connectivity index (χ1n) is 6.61. The summed E-state index contributed by atoms with van der Waals surface area (Å²) in [6.45, 7) is 15.2. The van der Waals surface area contributed by atoms with Crippen molar-refractivity contribution >= 4 is 9.52 Å². The van der Waals surface area contributed by atoms with Crippen molar-refractivity contribution in [1.29, 1.82) is 0 Å². The maximum Gasteiger partial charge on any atom is 2.00 e. The van der Waals surface area contributed by atoms with Gasteiger partial charge in [-0.25, -0.2) is 11.6 Å². The standard InChI is InChI=1S/C9H13.C6H7.C2H7Si.Zr/c1-6-5-7(2)9(4)8(6)3;1-6-4-2-3-5-6;1-3-2;/h5H,1-4H3;4-5H,2H2,1H3;3H,1-2H3;/q2*-1;;+2. The second-order valence-electron chi connectivity index (χ2n) is 4.84. The average molecular weight is 351 g/mol. The molecule has 0 N–H and O–H groups in total. The van der Waals surface area contributed by atoms with Crippen LogP contribution in [-0.4, -0.2) is 9.52 Å². The van der Waals surface area contributed by atoms with Crippen LogP contribution in [0.4, 0.5) is 0 Å². The Morgan fingerprint density at radius 2 is 1.68 bits per heavy atom. The Bertz CT molecular complexity index is 386. The van der Waals surface area contributed by atoms with Crippen LogP contribution in [0.1, 0.15) is 35.6 Å². The Kier molecular flexibility index (Phi) is 13.1. The van der Waals surface area contributed by atoms with Gasteiger partial charge >= 0.3 is 26.2 Å². The van der Waals surface area contributed by atoms with Gasteiger partial charge in [-0.1, -0.05) is 40.8 Å². The first-order valence-corrected chi connectivity index (χ1v) is 8.92. The molecule has 1 aliphatic rings. The number of hydrogen-bond donors (Lipinski definition) is 0. The molecule has 0 fully saturated rings. The summed E-state index contributed by atoms with van der Waals surface area (Å²) in [4.78, 5) is 0. The predicted octanol–water partition coefficient (Wildman–Crippen LogP) is 4.85. The van der Waals surface area contributed by atoms with E-state index in [-0.39, 0.29) is 26.2 Å². The molecule has 1 aromatic rings. The minimum absolute atomic E-state index is 0. The zero-order chi connectivity index (χ0) is 14.1. The summed E-state index contributed by atoms with van der Waals surface area (Å²) in [5, 5.41) is 0. The van der Waals surface area contributed by atoms with Gasteiger partial charge in [0.25, 0.3) is 0 Å². The average Bonchev–Trinajstić information content (AvgIpc) is 2.86. The summed E-state index contributed by atoms with van der Waals surface area (Å²) in [7, 11) is 0.750. The maximum atomic E-state index is 3.05. The fraction of sp³-hybridized carbons (Fsp3) is 0.471. The molecule has 0 atom stereocenters. The molecule has 1 radical (unpaired) electrons. The monoisotopic (exact) mass is 349 g/mol. The molecule has 0 amide bonds.